The normalized spacial score (nSPS) is 9.80. The number of nitro benzene ring substituents is 1. The van der Waals surface area contributed by atoms with Crippen molar-refractivity contribution in [1.82, 2.24) is 0 Å². The third kappa shape index (κ3) is 3.13. The van der Waals surface area contributed by atoms with Crippen LogP contribution in [0.1, 0.15) is 48.9 Å². The van der Waals surface area contributed by atoms with Gasteiger partial charge >= 0.3 is 0 Å². The van der Waals surface area contributed by atoms with Crippen LogP contribution in [0.15, 0.2) is 6.07 Å². The highest BCUT2D eigenvalue weighted by Gasteiger charge is 2.23. The zero-order valence-electron chi connectivity index (χ0n) is 11.8. The number of aryl methyl sites for hydroxylation is 1. The van der Waals surface area contributed by atoms with Gasteiger partial charge in [0.2, 0.25) is 0 Å². The molecule has 0 radical (unpaired) electrons. The maximum atomic E-state index is 11.2. The number of hydrogen-bond acceptors (Lipinski definition) is 4. The topological polar surface area (TPSA) is 90.7 Å². The lowest BCUT2D eigenvalue weighted by molar-refractivity contribution is -0.385. The molecule has 0 N–H and O–H groups in total. The van der Waals surface area contributed by atoms with Gasteiger partial charge in [0.05, 0.1) is 17.4 Å². The lowest BCUT2D eigenvalue weighted by Crippen LogP contribution is -2.07. The molecule has 0 aliphatic heterocycles. The molecular formula is C15H17N3O2. The fourth-order valence-electron chi connectivity index (χ4n) is 2.41. The standard InChI is InChI=1S/C15H17N3O2/c1-3-5-11-9-15(18(19)20)14(10-17)13(6-4-2)12(11)7-8-16/h9H,3-7H2,1-2H3. The third-order valence-electron chi connectivity index (χ3n) is 3.20. The molecule has 0 amide bonds. The summed E-state index contributed by atoms with van der Waals surface area (Å²) in [5.41, 5.74) is 2.28. The van der Waals surface area contributed by atoms with Crippen molar-refractivity contribution in [3.63, 3.8) is 0 Å². The zero-order chi connectivity index (χ0) is 15.1. The molecule has 1 rings (SSSR count). The SMILES string of the molecule is CCCc1cc([N+](=O)[O-])c(C#N)c(CCC)c1CC#N. The average molecular weight is 271 g/mol. The van der Waals surface area contributed by atoms with Crippen molar-refractivity contribution in [2.45, 2.75) is 46.0 Å². The van der Waals surface area contributed by atoms with E-state index >= 15 is 0 Å². The smallest absolute Gasteiger partial charge is 0.258 e. The van der Waals surface area contributed by atoms with E-state index < -0.39 is 4.92 Å². The molecule has 104 valence electrons. The fraction of sp³-hybridized carbons (Fsp3) is 0.467. The number of nitrogens with zero attached hydrogens (tertiary/aromatic N) is 3. The lowest BCUT2D eigenvalue weighted by atomic mass is 9.89. The van der Waals surface area contributed by atoms with Crippen LogP contribution < -0.4 is 0 Å². The minimum absolute atomic E-state index is 0.113. The van der Waals surface area contributed by atoms with Gasteiger partial charge in [-0.25, -0.2) is 0 Å². The number of rotatable bonds is 6. The second-order valence-electron chi connectivity index (χ2n) is 4.59. The van der Waals surface area contributed by atoms with E-state index in [9.17, 15) is 15.4 Å². The third-order valence-corrected chi connectivity index (χ3v) is 3.20. The number of nitro groups is 1. The summed E-state index contributed by atoms with van der Waals surface area (Å²) < 4.78 is 0. The van der Waals surface area contributed by atoms with Gasteiger partial charge in [0, 0.05) is 6.07 Å². The summed E-state index contributed by atoms with van der Waals surface area (Å²) in [6, 6.07) is 5.52. The second kappa shape index (κ2) is 7.25. The van der Waals surface area contributed by atoms with E-state index in [1.54, 1.807) is 0 Å². The van der Waals surface area contributed by atoms with Crippen LogP contribution >= 0.6 is 0 Å². The molecule has 1 aromatic rings. The first kappa shape index (κ1) is 15.7. The van der Waals surface area contributed by atoms with Crippen molar-refractivity contribution in [1.29, 1.82) is 10.5 Å². The van der Waals surface area contributed by atoms with Crippen LogP contribution in [0, 0.1) is 32.8 Å². The van der Waals surface area contributed by atoms with Gasteiger partial charge in [0.1, 0.15) is 11.6 Å². The van der Waals surface area contributed by atoms with E-state index in [1.165, 1.54) is 6.07 Å². The summed E-state index contributed by atoms with van der Waals surface area (Å²) in [6.07, 6.45) is 3.07. The summed E-state index contributed by atoms with van der Waals surface area (Å²) in [5, 5.41) is 29.4. The van der Waals surface area contributed by atoms with Crippen LogP contribution in [-0.2, 0) is 19.3 Å². The Labute approximate surface area is 118 Å². The first-order valence-corrected chi connectivity index (χ1v) is 6.69. The molecule has 0 atom stereocenters. The molecule has 0 saturated carbocycles. The fourth-order valence-corrected chi connectivity index (χ4v) is 2.41. The minimum Gasteiger partial charge on any atom is -0.258 e. The highest BCUT2D eigenvalue weighted by atomic mass is 16.6. The van der Waals surface area contributed by atoms with E-state index in [-0.39, 0.29) is 17.7 Å². The van der Waals surface area contributed by atoms with Gasteiger partial charge in [0.25, 0.3) is 5.69 Å². The van der Waals surface area contributed by atoms with Crippen molar-refractivity contribution >= 4 is 5.69 Å². The Morgan fingerprint density at radius 1 is 1.20 bits per heavy atom. The molecule has 0 aliphatic carbocycles. The van der Waals surface area contributed by atoms with Crippen LogP contribution in [0.4, 0.5) is 5.69 Å². The van der Waals surface area contributed by atoms with Gasteiger partial charge in [-0.1, -0.05) is 26.7 Å². The Balaban J connectivity index is 3.66. The maximum absolute atomic E-state index is 11.2. The molecule has 20 heavy (non-hydrogen) atoms. The molecule has 0 unspecified atom stereocenters. The molecule has 0 saturated heterocycles. The molecule has 1 aromatic carbocycles. The van der Waals surface area contributed by atoms with Crippen LogP contribution in [-0.4, -0.2) is 4.92 Å². The van der Waals surface area contributed by atoms with Crippen LogP contribution in [0.3, 0.4) is 0 Å². The Kier molecular flexibility index (Phi) is 5.68. The van der Waals surface area contributed by atoms with Crippen molar-refractivity contribution in [3.05, 3.63) is 38.4 Å². The van der Waals surface area contributed by atoms with E-state index in [4.69, 9.17) is 5.26 Å². The summed E-state index contributed by atoms with van der Waals surface area (Å²) in [4.78, 5) is 10.6. The van der Waals surface area contributed by atoms with Gasteiger partial charge in [-0.05, 0) is 29.5 Å². The number of hydrogen-bond donors (Lipinski definition) is 0. The number of benzene rings is 1. The molecule has 5 heteroatoms. The predicted octanol–water partition coefficient (Wildman–Crippen LogP) is 3.44. The van der Waals surface area contributed by atoms with Crippen molar-refractivity contribution in [2.24, 2.45) is 0 Å². The Bertz CT molecular complexity index is 595. The van der Waals surface area contributed by atoms with Gasteiger partial charge in [0.15, 0.2) is 0 Å². The van der Waals surface area contributed by atoms with E-state index in [1.807, 2.05) is 19.9 Å². The first-order chi connectivity index (χ1) is 9.60. The quantitative estimate of drug-likeness (QED) is 0.585. The van der Waals surface area contributed by atoms with Gasteiger partial charge in [-0.2, -0.15) is 10.5 Å². The van der Waals surface area contributed by atoms with Gasteiger partial charge in [-0.15, -0.1) is 0 Å². The number of nitriles is 2. The van der Waals surface area contributed by atoms with Crippen molar-refractivity contribution < 1.29 is 4.92 Å². The van der Waals surface area contributed by atoms with Crippen LogP contribution in [0.25, 0.3) is 0 Å². The van der Waals surface area contributed by atoms with E-state index in [2.05, 4.69) is 6.07 Å². The van der Waals surface area contributed by atoms with E-state index in [0.717, 1.165) is 24.0 Å². The Morgan fingerprint density at radius 2 is 1.85 bits per heavy atom. The molecule has 0 heterocycles. The van der Waals surface area contributed by atoms with Crippen LogP contribution in [0.5, 0.6) is 0 Å². The molecule has 5 nitrogen and oxygen atoms in total. The molecule has 0 bridgehead atoms. The average Bonchev–Trinajstić information content (AvgIpc) is 2.42. The van der Waals surface area contributed by atoms with Crippen molar-refractivity contribution in [3.8, 4) is 12.1 Å². The Hall–Kier alpha value is -2.40. The summed E-state index contributed by atoms with van der Waals surface area (Å²) >= 11 is 0. The predicted molar refractivity (Wildman–Crippen MR) is 75.1 cm³/mol. The lowest BCUT2D eigenvalue weighted by Gasteiger charge is -2.14. The molecule has 0 aromatic heterocycles. The minimum atomic E-state index is -0.507. The summed E-state index contributed by atoms with van der Waals surface area (Å²) in [6.45, 7) is 3.94. The van der Waals surface area contributed by atoms with Crippen molar-refractivity contribution in [2.75, 3.05) is 0 Å². The van der Waals surface area contributed by atoms with Crippen LogP contribution in [0.2, 0.25) is 0 Å². The zero-order valence-corrected chi connectivity index (χ0v) is 11.8. The summed E-state index contributed by atoms with van der Waals surface area (Å²) in [5.74, 6) is 0. The first-order valence-electron chi connectivity index (χ1n) is 6.69. The second-order valence-corrected chi connectivity index (χ2v) is 4.59. The molecular weight excluding hydrogens is 254 g/mol. The monoisotopic (exact) mass is 271 g/mol. The highest BCUT2D eigenvalue weighted by molar-refractivity contribution is 5.60. The summed E-state index contributed by atoms with van der Waals surface area (Å²) in [7, 11) is 0. The highest BCUT2D eigenvalue weighted by Crippen LogP contribution is 2.30. The Morgan fingerprint density at radius 3 is 2.30 bits per heavy atom. The molecule has 0 fully saturated rings. The maximum Gasteiger partial charge on any atom is 0.287 e. The molecule has 0 aliphatic rings. The van der Waals surface area contributed by atoms with Gasteiger partial charge in [-0.3, -0.25) is 10.1 Å². The van der Waals surface area contributed by atoms with Gasteiger partial charge < -0.3 is 0 Å². The largest absolute Gasteiger partial charge is 0.287 e. The van der Waals surface area contributed by atoms with E-state index in [0.29, 0.717) is 18.4 Å². The molecule has 0 spiro atoms.